The number of rotatable bonds is 6. The fraction of sp³-hybridized carbons (Fsp3) is 0.250. The summed E-state index contributed by atoms with van der Waals surface area (Å²) in [5.74, 6) is -1.16. The fourth-order valence-corrected chi connectivity index (χ4v) is 3.70. The molecule has 0 radical (unpaired) electrons. The molecule has 1 aliphatic heterocycles. The van der Waals surface area contributed by atoms with Crippen molar-refractivity contribution in [3.63, 3.8) is 0 Å². The van der Waals surface area contributed by atoms with Crippen LogP contribution in [0, 0.1) is 13.8 Å². The smallest absolute Gasteiger partial charge is 0.336 e. The predicted octanol–water partition coefficient (Wildman–Crippen LogP) is 3.53. The van der Waals surface area contributed by atoms with Crippen LogP contribution in [0.4, 0.5) is 0 Å². The minimum Gasteiger partial charge on any atom is -0.461 e. The molecular formula is C24H21NO6. The van der Waals surface area contributed by atoms with Gasteiger partial charge in [-0.2, -0.15) is 0 Å². The van der Waals surface area contributed by atoms with Crippen LogP contribution < -0.4 is 5.63 Å². The largest absolute Gasteiger partial charge is 0.461 e. The highest BCUT2D eigenvalue weighted by molar-refractivity contribution is 6.21. The quantitative estimate of drug-likeness (QED) is 0.345. The number of carbonyl (C=O) groups excluding carboxylic acids is 3. The predicted molar refractivity (Wildman–Crippen MR) is 113 cm³/mol. The van der Waals surface area contributed by atoms with Crippen molar-refractivity contribution in [3.8, 4) is 0 Å². The number of amides is 2. The molecule has 7 nitrogen and oxygen atoms in total. The van der Waals surface area contributed by atoms with Gasteiger partial charge in [0.2, 0.25) is 0 Å². The van der Waals surface area contributed by atoms with Gasteiger partial charge < -0.3 is 9.15 Å². The molecule has 0 saturated carbocycles. The molecule has 158 valence electrons. The van der Waals surface area contributed by atoms with Gasteiger partial charge in [-0.25, -0.2) is 4.79 Å². The lowest BCUT2D eigenvalue weighted by atomic mass is 10.0. The summed E-state index contributed by atoms with van der Waals surface area (Å²) < 4.78 is 10.7. The highest BCUT2D eigenvalue weighted by atomic mass is 16.5. The third-order valence-corrected chi connectivity index (χ3v) is 5.55. The lowest BCUT2D eigenvalue weighted by Crippen LogP contribution is -2.31. The third-order valence-electron chi connectivity index (χ3n) is 5.55. The minimum absolute atomic E-state index is 0.0465. The summed E-state index contributed by atoms with van der Waals surface area (Å²) in [6.45, 7) is 3.87. The molecule has 0 bridgehead atoms. The molecule has 2 amide bonds. The first-order valence-corrected chi connectivity index (χ1v) is 10.0. The van der Waals surface area contributed by atoms with Gasteiger partial charge >= 0.3 is 11.6 Å². The molecule has 0 spiro atoms. The Balaban J connectivity index is 1.36. The van der Waals surface area contributed by atoms with Gasteiger partial charge in [-0.15, -0.1) is 0 Å². The maximum atomic E-state index is 12.4. The minimum atomic E-state index is -0.502. The van der Waals surface area contributed by atoms with Gasteiger partial charge in [-0.05, 0) is 43.5 Å². The van der Waals surface area contributed by atoms with Crippen molar-refractivity contribution in [1.29, 1.82) is 0 Å². The molecule has 0 saturated heterocycles. The van der Waals surface area contributed by atoms with Crippen LogP contribution in [0.15, 0.2) is 51.7 Å². The van der Waals surface area contributed by atoms with Crippen molar-refractivity contribution >= 4 is 28.8 Å². The molecule has 0 aliphatic carbocycles. The van der Waals surface area contributed by atoms with E-state index in [1.165, 1.54) is 6.07 Å². The molecular weight excluding hydrogens is 398 g/mol. The van der Waals surface area contributed by atoms with Crippen molar-refractivity contribution in [2.24, 2.45) is 0 Å². The molecule has 0 atom stereocenters. The Morgan fingerprint density at radius 2 is 1.68 bits per heavy atom. The average Bonchev–Trinajstić information content (AvgIpc) is 3.00. The maximum Gasteiger partial charge on any atom is 0.336 e. The van der Waals surface area contributed by atoms with Crippen LogP contribution in [0.25, 0.3) is 11.0 Å². The third kappa shape index (κ3) is 3.86. The van der Waals surface area contributed by atoms with Gasteiger partial charge in [0, 0.05) is 30.0 Å². The van der Waals surface area contributed by atoms with Crippen molar-refractivity contribution in [2.45, 2.75) is 33.3 Å². The van der Waals surface area contributed by atoms with Crippen LogP contribution in [0.2, 0.25) is 0 Å². The number of nitrogens with zero attached hydrogens (tertiary/aromatic N) is 1. The Morgan fingerprint density at radius 1 is 1.00 bits per heavy atom. The fourth-order valence-electron chi connectivity index (χ4n) is 3.70. The Kier molecular flexibility index (Phi) is 5.42. The van der Waals surface area contributed by atoms with E-state index in [2.05, 4.69) is 0 Å². The zero-order valence-electron chi connectivity index (χ0n) is 17.3. The second-order valence-electron chi connectivity index (χ2n) is 7.55. The summed E-state index contributed by atoms with van der Waals surface area (Å²) in [7, 11) is 0. The molecule has 3 aromatic rings. The van der Waals surface area contributed by atoms with Gasteiger partial charge in [0.25, 0.3) is 11.8 Å². The molecule has 1 aliphatic rings. The Bertz CT molecular complexity index is 1240. The number of hydrogen-bond acceptors (Lipinski definition) is 6. The van der Waals surface area contributed by atoms with E-state index in [9.17, 15) is 19.2 Å². The molecule has 2 aromatic carbocycles. The van der Waals surface area contributed by atoms with E-state index in [-0.39, 0.29) is 31.4 Å². The Labute approximate surface area is 178 Å². The van der Waals surface area contributed by atoms with Crippen molar-refractivity contribution in [1.82, 2.24) is 4.90 Å². The average molecular weight is 419 g/mol. The second kappa shape index (κ2) is 8.18. The lowest BCUT2D eigenvalue weighted by molar-refractivity contribution is -0.145. The van der Waals surface area contributed by atoms with Crippen LogP contribution in [0.5, 0.6) is 0 Å². The van der Waals surface area contributed by atoms with Crippen LogP contribution in [-0.4, -0.2) is 29.2 Å². The molecule has 2 heterocycles. The van der Waals surface area contributed by atoms with Crippen LogP contribution in [0.1, 0.15) is 50.2 Å². The highest BCUT2D eigenvalue weighted by Gasteiger charge is 2.34. The van der Waals surface area contributed by atoms with E-state index in [1.807, 2.05) is 26.0 Å². The van der Waals surface area contributed by atoms with Crippen LogP contribution in [0.3, 0.4) is 0 Å². The second-order valence-corrected chi connectivity index (χ2v) is 7.55. The Morgan fingerprint density at radius 3 is 2.35 bits per heavy atom. The zero-order chi connectivity index (χ0) is 22.1. The molecule has 0 N–H and O–H groups in total. The first kappa shape index (κ1) is 20.5. The van der Waals surface area contributed by atoms with E-state index in [1.54, 1.807) is 24.3 Å². The van der Waals surface area contributed by atoms with Crippen molar-refractivity contribution in [2.75, 3.05) is 6.54 Å². The lowest BCUT2D eigenvalue weighted by Gasteiger charge is -2.13. The number of aryl methyl sites for hydroxylation is 2. The number of hydrogen-bond donors (Lipinski definition) is 0. The number of fused-ring (bicyclic) bond motifs is 2. The molecule has 1 aromatic heterocycles. The van der Waals surface area contributed by atoms with E-state index < -0.39 is 11.6 Å². The first-order valence-electron chi connectivity index (χ1n) is 10.0. The summed E-state index contributed by atoms with van der Waals surface area (Å²) in [5, 5.41) is 0.724. The van der Waals surface area contributed by atoms with Gasteiger partial charge in [0.05, 0.1) is 11.1 Å². The molecule has 7 heteroatoms. The van der Waals surface area contributed by atoms with Gasteiger partial charge in [-0.3, -0.25) is 19.3 Å². The molecule has 31 heavy (non-hydrogen) atoms. The SMILES string of the molecule is Cc1ccc2c(COC(=O)CCCN3C(=O)c4ccccc4C3=O)cc(=O)oc2c1C. The highest BCUT2D eigenvalue weighted by Crippen LogP contribution is 2.24. The number of benzene rings is 2. The topological polar surface area (TPSA) is 93.9 Å². The Hall–Kier alpha value is -3.74. The van der Waals surface area contributed by atoms with Gasteiger partial charge in [-0.1, -0.05) is 24.3 Å². The van der Waals surface area contributed by atoms with Crippen LogP contribution in [-0.2, 0) is 16.1 Å². The first-order chi connectivity index (χ1) is 14.9. The molecule has 0 unspecified atom stereocenters. The zero-order valence-corrected chi connectivity index (χ0v) is 17.3. The number of ether oxygens (including phenoxy) is 1. The number of imide groups is 1. The van der Waals surface area contributed by atoms with E-state index in [4.69, 9.17) is 9.15 Å². The van der Waals surface area contributed by atoms with E-state index >= 15 is 0 Å². The van der Waals surface area contributed by atoms with Gasteiger partial charge in [0.15, 0.2) is 0 Å². The molecule has 4 rings (SSSR count). The monoisotopic (exact) mass is 419 g/mol. The number of carbonyl (C=O) groups is 3. The summed E-state index contributed by atoms with van der Waals surface area (Å²) in [6.07, 6.45) is 0.338. The van der Waals surface area contributed by atoms with E-state index in [0.717, 1.165) is 21.4 Å². The van der Waals surface area contributed by atoms with E-state index in [0.29, 0.717) is 28.7 Å². The summed E-state index contributed by atoms with van der Waals surface area (Å²) in [5.41, 5.74) is 3.19. The molecule has 0 fully saturated rings. The summed E-state index contributed by atoms with van der Waals surface area (Å²) in [6, 6.07) is 11.7. The summed E-state index contributed by atoms with van der Waals surface area (Å²) in [4.78, 5) is 50.0. The normalized spacial score (nSPS) is 13.0. The van der Waals surface area contributed by atoms with Crippen LogP contribution >= 0.6 is 0 Å². The number of esters is 1. The standard InChI is InChI=1S/C24H21NO6/c1-14-9-10-17-16(12-21(27)31-22(17)15(14)2)13-30-20(26)8-5-11-25-23(28)18-6-3-4-7-19(18)24(25)29/h3-4,6-7,9-10,12H,5,8,11,13H2,1-2H3. The summed E-state index contributed by atoms with van der Waals surface area (Å²) >= 11 is 0. The van der Waals surface area contributed by atoms with Gasteiger partial charge in [0.1, 0.15) is 12.2 Å². The maximum absolute atomic E-state index is 12.4. The van der Waals surface area contributed by atoms with Crippen molar-refractivity contribution < 1.29 is 23.5 Å². The van der Waals surface area contributed by atoms with Crippen molar-refractivity contribution in [3.05, 3.63) is 80.7 Å².